The summed E-state index contributed by atoms with van der Waals surface area (Å²) in [7, 11) is 0. The van der Waals surface area contributed by atoms with E-state index < -0.39 is 28.5 Å². The highest BCUT2D eigenvalue weighted by Gasteiger charge is 2.40. The molecule has 0 bridgehead atoms. The van der Waals surface area contributed by atoms with Crippen molar-refractivity contribution < 1.29 is 27.5 Å². The molecule has 0 atom stereocenters. The highest BCUT2D eigenvalue weighted by Crippen LogP contribution is 2.38. The average molecular weight is 460 g/mol. The van der Waals surface area contributed by atoms with Crippen molar-refractivity contribution in [1.29, 1.82) is 0 Å². The zero-order valence-corrected chi connectivity index (χ0v) is 17.5. The molecular formula is C21H22ClF4N3O2. The zero-order valence-electron chi connectivity index (χ0n) is 16.8. The number of hydrogen-bond acceptors (Lipinski definition) is 3. The molecule has 1 aromatic carbocycles. The molecule has 2 N–H and O–H groups in total. The normalized spacial score (nSPS) is 16.3. The fourth-order valence-electron chi connectivity index (χ4n) is 3.69. The minimum Gasteiger partial charge on any atom is -0.396 e. The standard InChI is InChI=1S/C21H22ClF4N3O2/c1-13-10-14(4-9-30)12-27-18(13)20(23)5-7-29(8-6-20)19(31)28-15-2-3-16(17(22)11-15)21(24,25)26/h2-3,10-12,30H,4-9H2,1H3,(H,28,31). The average Bonchev–Trinajstić information content (AvgIpc) is 2.67. The second-order valence-corrected chi connectivity index (χ2v) is 7.96. The number of benzene rings is 1. The minimum atomic E-state index is -4.58. The Hall–Kier alpha value is -2.39. The SMILES string of the molecule is Cc1cc(CCO)cnc1C1(F)CCN(C(=O)Nc2ccc(C(F)(F)F)c(Cl)c2)CC1. The smallest absolute Gasteiger partial charge is 0.396 e. The van der Waals surface area contributed by atoms with Crippen LogP contribution >= 0.6 is 11.6 Å². The van der Waals surface area contributed by atoms with Gasteiger partial charge >= 0.3 is 12.2 Å². The number of aryl methyl sites for hydroxylation is 1. The topological polar surface area (TPSA) is 65.5 Å². The Labute approximate surface area is 182 Å². The van der Waals surface area contributed by atoms with Gasteiger partial charge in [-0.1, -0.05) is 17.7 Å². The molecule has 10 heteroatoms. The first-order valence-corrected chi connectivity index (χ1v) is 10.1. The number of aliphatic hydroxyl groups excluding tert-OH is 1. The van der Waals surface area contributed by atoms with Crippen molar-refractivity contribution in [3.05, 3.63) is 57.9 Å². The maximum absolute atomic E-state index is 15.6. The first-order chi connectivity index (χ1) is 14.5. The lowest BCUT2D eigenvalue weighted by Crippen LogP contribution is -2.45. The van der Waals surface area contributed by atoms with Gasteiger partial charge in [0, 0.05) is 44.4 Å². The quantitative estimate of drug-likeness (QED) is 0.626. The summed E-state index contributed by atoms with van der Waals surface area (Å²) in [6, 6.07) is 4.22. The first-order valence-electron chi connectivity index (χ1n) is 9.72. The van der Waals surface area contributed by atoms with Crippen molar-refractivity contribution in [1.82, 2.24) is 9.88 Å². The van der Waals surface area contributed by atoms with Gasteiger partial charge < -0.3 is 15.3 Å². The molecule has 2 heterocycles. The molecule has 0 unspecified atom stereocenters. The minimum absolute atomic E-state index is 0.0184. The predicted molar refractivity (Wildman–Crippen MR) is 109 cm³/mol. The Bertz CT molecular complexity index is 960. The molecule has 0 aliphatic carbocycles. The van der Waals surface area contributed by atoms with Crippen LogP contribution in [0.15, 0.2) is 30.5 Å². The second-order valence-electron chi connectivity index (χ2n) is 7.56. The number of hydrogen-bond donors (Lipinski definition) is 2. The number of carbonyl (C=O) groups is 1. The van der Waals surface area contributed by atoms with Crippen LogP contribution in [0.4, 0.5) is 28.0 Å². The van der Waals surface area contributed by atoms with E-state index in [9.17, 15) is 18.0 Å². The van der Waals surface area contributed by atoms with Crippen molar-refractivity contribution in [2.24, 2.45) is 0 Å². The van der Waals surface area contributed by atoms with Crippen LogP contribution in [0.2, 0.25) is 5.02 Å². The van der Waals surface area contributed by atoms with Gasteiger partial charge in [0.1, 0.15) is 0 Å². The summed E-state index contributed by atoms with van der Waals surface area (Å²) < 4.78 is 54.0. The monoisotopic (exact) mass is 459 g/mol. The van der Waals surface area contributed by atoms with Gasteiger partial charge in [-0.25, -0.2) is 9.18 Å². The van der Waals surface area contributed by atoms with Gasteiger partial charge in [0.25, 0.3) is 0 Å². The lowest BCUT2D eigenvalue weighted by atomic mass is 9.87. The van der Waals surface area contributed by atoms with Gasteiger partial charge in [-0.15, -0.1) is 0 Å². The first kappa shape index (κ1) is 23.3. The van der Waals surface area contributed by atoms with Crippen molar-refractivity contribution >= 4 is 23.3 Å². The molecule has 1 aromatic heterocycles. The Morgan fingerprint density at radius 3 is 2.52 bits per heavy atom. The molecule has 2 aromatic rings. The van der Waals surface area contributed by atoms with Crippen molar-refractivity contribution in [2.75, 3.05) is 25.0 Å². The third kappa shape index (κ3) is 5.27. The molecule has 1 aliphatic heterocycles. The summed E-state index contributed by atoms with van der Waals surface area (Å²) in [5.41, 5.74) is -0.720. The van der Waals surface area contributed by atoms with Gasteiger partial charge in [0.05, 0.1) is 16.3 Å². The number of nitrogens with one attached hydrogen (secondary N) is 1. The Balaban J connectivity index is 1.64. The van der Waals surface area contributed by atoms with Crippen molar-refractivity contribution in [3.63, 3.8) is 0 Å². The van der Waals surface area contributed by atoms with E-state index in [-0.39, 0.29) is 38.2 Å². The molecule has 168 valence electrons. The molecule has 0 saturated carbocycles. The predicted octanol–water partition coefficient (Wildman–Crippen LogP) is 5.09. The van der Waals surface area contributed by atoms with Gasteiger partial charge in [-0.3, -0.25) is 4.98 Å². The molecule has 1 saturated heterocycles. The van der Waals surface area contributed by atoms with Crippen LogP contribution in [-0.2, 0) is 18.3 Å². The van der Waals surface area contributed by atoms with E-state index in [0.29, 0.717) is 17.7 Å². The Kier molecular flexibility index (Phi) is 6.76. The highest BCUT2D eigenvalue weighted by molar-refractivity contribution is 6.31. The number of aromatic nitrogens is 1. The number of likely N-dealkylation sites (tertiary alicyclic amines) is 1. The number of halogens is 5. The Morgan fingerprint density at radius 2 is 1.97 bits per heavy atom. The number of piperidine rings is 1. The summed E-state index contributed by atoms with van der Waals surface area (Å²) in [5, 5.41) is 11.0. The molecule has 31 heavy (non-hydrogen) atoms. The third-order valence-electron chi connectivity index (χ3n) is 5.33. The number of carbonyl (C=O) groups excluding carboxylic acids is 1. The van der Waals surface area contributed by atoms with Crippen LogP contribution in [0.1, 0.15) is 35.2 Å². The number of amides is 2. The molecule has 0 radical (unpaired) electrons. The maximum Gasteiger partial charge on any atom is 0.417 e. The third-order valence-corrected chi connectivity index (χ3v) is 5.64. The van der Waals surface area contributed by atoms with Gasteiger partial charge in [-0.05, 0) is 42.7 Å². The van der Waals surface area contributed by atoms with Crippen LogP contribution in [0, 0.1) is 6.92 Å². The van der Waals surface area contributed by atoms with E-state index in [0.717, 1.165) is 23.8 Å². The largest absolute Gasteiger partial charge is 0.417 e. The number of pyridine rings is 1. The molecule has 5 nitrogen and oxygen atoms in total. The summed E-state index contributed by atoms with van der Waals surface area (Å²) in [6.45, 7) is 1.99. The lowest BCUT2D eigenvalue weighted by Gasteiger charge is -2.36. The van der Waals surface area contributed by atoms with E-state index in [1.165, 1.54) is 4.90 Å². The van der Waals surface area contributed by atoms with E-state index in [2.05, 4.69) is 10.3 Å². The zero-order chi connectivity index (χ0) is 22.8. The highest BCUT2D eigenvalue weighted by atomic mass is 35.5. The van der Waals surface area contributed by atoms with Crippen molar-refractivity contribution in [2.45, 2.75) is 38.0 Å². The van der Waals surface area contributed by atoms with Crippen LogP contribution in [0.25, 0.3) is 0 Å². The van der Waals surface area contributed by atoms with Gasteiger partial charge in [-0.2, -0.15) is 13.2 Å². The van der Waals surface area contributed by atoms with E-state index >= 15 is 4.39 Å². The van der Waals surface area contributed by atoms with E-state index in [1.807, 2.05) is 0 Å². The van der Waals surface area contributed by atoms with Crippen LogP contribution in [0.3, 0.4) is 0 Å². The van der Waals surface area contributed by atoms with E-state index in [4.69, 9.17) is 16.7 Å². The molecule has 0 spiro atoms. The fraction of sp³-hybridized carbons (Fsp3) is 0.429. The number of rotatable bonds is 4. The van der Waals surface area contributed by atoms with Crippen molar-refractivity contribution in [3.8, 4) is 0 Å². The van der Waals surface area contributed by atoms with Gasteiger partial charge in [0.15, 0.2) is 5.67 Å². The second kappa shape index (κ2) is 9.00. The van der Waals surface area contributed by atoms with Crippen LogP contribution in [-0.4, -0.2) is 40.7 Å². The van der Waals surface area contributed by atoms with Crippen LogP contribution in [0.5, 0.6) is 0 Å². The van der Waals surface area contributed by atoms with E-state index in [1.54, 1.807) is 19.2 Å². The number of nitrogens with zero attached hydrogens (tertiary/aromatic N) is 2. The summed E-state index contributed by atoms with van der Waals surface area (Å²) in [4.78, 5) is 18.1. The molecular weight excluding hydrogens is 438 g/mol. The van der Waals surface area contributed by atoms with Gasteiger partial charge in [0.2, 0.25) is 0 Å². The number of anilines is 1. The molecule has 2 amide bonds. The summed E-state index contributed by atoms with van der Waals surface area (Å²) in [6.07, 6.45) is -2.51. The molecule has 3 rings (SSSR count). The molecule has 1 fully saturated rings. The summed E-state index contributed by atoms with van der Waals surface area (Å²) in [5.74, 6) is 0. The summed E-state index contributed by atoms with van der Waals surface area (Å²) >= 11 is 5.68. The molecule has 1 aliphatic rings. The maximum atomic E-state index is 15.6. The number of alkyl halides is 4. The van der Waals surface area contributed by atoms with Crippen LogP contribution < -0.4 is 5.32 Å². The number of urea groups is 1. The lowest BCUT2D eigenvalue weighted by molar-refractivity contribution is -0.137. The fourth-order valence-corrected chi connectivity index (χ4v) is 3.98. The Morgan fingerprint density at radius 1 is 1.29 bits per heavy atom. The number of aliphatic hydroxyl groups is 1.